The smallest absolute Gasteiger partial charge is 0.289 e. The fourth-order valence-corrected chi connectivity index (χ4v) is 6.95. The molecule has 0 saturated carbocycles. The Morgan fingerprint density at radius 3 is 1.21 bits per heavy atom. The Bertz CT molecular complexity index is 177. The van der Waals surface area contributed by atoms with Gasteiger partial charge in [0.05, 0.1) is 0 Å². The van der Waals surface area contributed by atoms with Gasteiger partial charge in [0.15, 0.2) is 0 Å². The molecule has 0 bridgehead atoms. The van der Waals surface area contributed by atoms with E-state index in [4.69, 9.17) is 9.05 Å². The Morgan fingerprint density at radius 2 is 1.00 bits per heavy atom. The molecule has 4 nitrogen and oxygen atoms in total. The Balaban J connectivity index is 2.18. The van der Waals surface area contributed by atoms with Crippen LogP contribution in [-0.4, -0.2) is 45.1 Å². The SMILES string of the molecule is C[Si](C)(C)ON1[Si]N(O[Si](C)(C)C)[Si]1. The highest BCUT2D eigenvalue weighted by Crippen LogP contribution is 2.15. The fraction of sp³-hybridized carbons (Fsp3) is 1.00. The first-order valence-electron chi connectivity index (χ1n) is 4.67. The number of hydrogen-bond acceptors (Lipinski definition) is 4. The zero-order valence-corrected chi connectivity index (χ0v) is 13.7. The van der Waals surface area contributed by atoms with Crippen molar-refractivity contribution in [1.82, 2.24) is 8.79 Å². The van der Waals surface area contributed by atoms with E-state index in [2.05, 4.69) is 39.3 Å². The average molecular weight is 263 g/mol. The Morgan fingerprint density at radius 1 is 0.714 bits per heavy atom. The molecule has 0 spiro atoms. The first-order chi connectivity index (χ1) is 6.16. The summed E-state index contributed by atoms with van der Waals surface area (Å²) in [7, 11) is -1.71. The highest BCUT2D eigenvalue weighted by Gasteiger charge is 2.36. The summed E-state index contributed by atoms with van der Waals surface area (Å²) < 4.78 is 15.7. The third-order valence-electron chi connectivity index (χ3n) is 1.09. The third kappa shape index (κ3) is 4.98. The van der Waals surface area contributed by atoms with Gasteiger partial charge in [0.25, 0.3) is 19.7 Å². The van der Waals surface area contributed by atoms with Crippen molar-refractivity contribution in [3.05, 3.63) is 0 Å². The van der Waals surface area contributed by atoms with Gasteiger partial charge in [-0.1, -0.05) is 0 Å². The maximum atomic E-state index is 5.81. The molecule has 0 aromatic carbocycles. The van der Waals surface area contributed by atoms with Crippen LogP contribution in [-0.2, 0) is 9.05 Å². The standard InChI is InChI=1S/C6H18N2O2Si4/c1-13(2,3)9-7-11-8(12-7)10-14(4,5)6/h1-6H3. The normalized spacial score (nSPS) is 21.0. The molecule has 1 fully saturated rings. The number of nitrogens with zero attached hydrogens (tertiary/aromatic N) is 2. The summed E-state index contributed by atoms with van der Waals surface area (Å²) in [5.74, 6) is 0. The van der Waals surface area contributed by atoms with Crippen molar-refractivity contribution in [3.8, 4) is 0 Å². The van der Waals surface area contributed by atoms with Crippen LogP contribution in [0.1, 0.15) is 0 Å². The minimum atomic E-state index is -1.41. The van der Waals surface area contributed by atoms with E-state index in [0.29, 0.717) is 19.7 Å². The van der Waals surface area contributed by atoms with Gasteiger partial charge in [0.2, 0.25) is 16.6 Å². The fourth-order valence-electron chi connectivity index (χ4n) is 0.794. The molecule has 8 heteroatoms. The molecule has 0 aliphatic carbocycles. The summed E-state index contributed by atoms with van der Waals surface area (Å²) in [6.45, 7) is 13.2. The predicted molar refractivity (Wildman–Crippen MR) is 64.0 cm³/mol. The summed E-state index contributed by atoms with van der Waals surface area (Å²) in [5, 5.41) is 0. The molecule has 1 aliphatic heterocycles. The lowest BCUT2D eigenvalue weighted by molar-refractivity contribution is -0.00153. The molecule has 0 aromatic rings. The first-order valence-corrected chi connectivity index (χ1v) is 13.3. The van der Waals surface area contributed by atoms with Gasteiger partial charge < -0.3 is 9.05 Å². The minimum absolute atomic E-state index is 0.554. The van der Waals surface area contributed by atoms with Crippen LogP contribution in [0.4, 0.5) is 0 Å². The van der Waals surface area contributed by atoms with E-state index in [9.17, 15) is 0 Å². The van der Waals surface area contributed by atoms with Gasteiger partial charge in [-0.2, -0.15) is 0 Å². The van der Waals surface area contributed by atoms with Crippen LogP contribution in [0.25, 0.3) is 0 Å². The van der Waals surface area contributed by atoms with Crippen LogP contribution in [0.2, 0.25) is 39.3 Å². The monoisotopic (exact) mass is 262 g/mol. The largest absolute Gasteiger partial charge is 0.354 e. The van der Waals surface area contributed by atoms with Crippen LogP contribution in [0.5, 0.6) is 0 Å². The van der Waals surface area contributed by atoms with E-state index in [1.807, 2.05) is 8.79 Å². The molecule has 0 unspecified atom stereocenters. The second-order valence-corrected chi connectivity index (χ2v) is 16.9. The van der Waals surface area contributed by atoms with Crippen molar-refractivity contribution in [2.45, 2.75) is 39.3 Å². The predicted octanol–water partition coefficient (Wildman–Crippen LogP) is 1.21. The number of hydrogen-bond donors (Lipinski definition) is 0. The Hall–Kier alpha value is 0.708. The zero-order valence-electron chi connectivity index (χ0n) is 9.71. The molecule has 1 rings (SSSR count). The van der Waals surface area contributed by atoms with E-state index in [1.54, 1.807) is 0 Å². The van der Waals surface area contributed by atoms with Crippen LogP contribution in [0.15, 0.2) is 0 Å². The molecule has 14 heavy (non-hydrogen) atoms. The van der Waals surface area contributed by atoms with Gasteiger partial charge >= 0.3 is 0 Å². The van der Waals surface area contributed by atoms with Crippen LogP contribution < -0.4 is 0 Å². The zero-order chi connectivity index (χ0) is 11.0. The molecule has 1 heterocycles. The molecule has 1 saturated heterocycles. The van der Waals surface area contributed by atoms with Crippen molar-refractivity contribution in [2.75, 3.05) is 0 Å². The molecule has 0 amide bonds. The van der Waals surface area contributed by atoms with E-state index in [-0.39, 0.29) is 0 Å². The van der Waals surface area contributed by atoms with Gasteiger partial charge in [0, 0.05) is 0 Å². The lowest BCUT2D eigenvalue weighted by Gasteiger charge is -2.42. The summed E-state index contributed by atoms with van der Waals surface area (Å²) in [4.78, 5) is 0. The van der Waals surface area contributed by atoms with Crippen molar-refractivity contribution in [3.63, 3.8) is 0 Å². The quantitative estimate of drug-likeness (QED) is 0.711. The van der Waals surface area contributed by atoms with Crippen LogP contribution in [0, 0.1) is 0 Å². The first kappa shape index (κ1) is 12.8. The van der Waals surface area contributed by atoms with Crippen molar-refractivity contribution in [1.29, 1.82) is 0 Å². The summed E-state index contributed by atoms with van der Waals surface area (Å²) in [6, 6.07) is 0. The third-order valence-corrected chi connectivity index (χ3v) is 5.58. The molecule has 0 N–H and O–H groups in total. The summed E-state index contributed by atoms with van der Waals surface area (Å²) in [5.41, 5.74) is 0. The van der Waals surface area contributed by atoms with Crippen molar-refractivity contribution >= 4 is 36.3 Å². The van der Waals surface area contributed by atoms with Crippen molar-refractivity contribution < 1.29 is 9.05 Å². The van der Waals surface area contributed by atoms with E-state index in [0.717, 1.165) is 0 Å². The van der Waals surface area contributed by atoms with Gasteiger partial charge in [-0.15, -0.1) is 0 Å². The van der Waals surface area contributed by atoms with E-state index < -0.39 is 16.6 Å². The van der Waals surface area contributed by atoms with E-state index >= 15 is 0 Å². The average Bonchev–Trinajstić information content (AvgIpc) is 1.75. The van der Waals surface area contributed by atoms with Crippen LogP contribution in [0.3, 0.4) is 0 Å². The van der Waals surface area contributed by atoms with E-state index in [1.165, 1.54) is 0 Å². The molecule has 0 aromatic heterocycles. The van der Waals surface area contributed by atoms with Gasteiger partial charge in [-0.3, -0.25) is 0 Å². The lowest BCUT2D eigenvalue weighted by Crippen LogP contribution is -2.65. The second-order valence-electron chi connectivity index (χ2n) is 5.20. The van der Waals surface area contributed by atoms with Crippen molar-refractivity contribution in [2.24, 2.45) is 0 Å². The molecular formula is C6H18N2O2Si4. The Labute approximate surface area is 93.7 Å². The van der Waals surface area contributed by atoms with Gasteiger partial charge in [-0.25, -0.2) is 8.79 Å². The maximum Gasteiger partial charge on any atom is 0.289 e. The molecule has 80 valence electrons. The molecule has 0 atom stereocenters. The highest BCUT2D eigenvalue weighted by atomic mass is 28.4. The highest BCUT2D eigenvalue weighted by molar-refractivity contribution is 6.73. The van der Waals surface area contributed by atoms with Crippen LogP contribution >= 0.6 is 0 Å². The minimum Gasteiger partial charge on any atom is -0.354 e. The Kier molecular flexibility index (Phi) is 3.92. The molecular weight excluding hydrogens is 244 g/mol. The topological polar surface area (TPSA) is 24.9 Å². The summed E-state index contributed by atoms with van der Waals surface area (Å²) in [6.07, 6.45) is 0. The lowest BCUT2D eigenvalue weighted by atomic mass is 11.8. The molecule has 4 radical (unpaired) electrons. The summed E-state index contributed by atoms with van der Waals surface area (Å²) >= 11 is 0. The van der Waals surface area contributed by atoms with Gasteiger partial charge in [-0.05, 0) is 39.3 Å². The maximum absolute atomic E-state index is 5.81. The second kappa shape index (κ2) is 4.29. The van der Waals surface area contributed by atoms with Gasteiger partial charge in [0.1, 0.15) is 0 Å². The molecule has 1 aliphatic rings. The number of rotatable bonds is 4.